The Hall–Kier alpha value is -1.09. The largest absolute Gasteiger partial charge is 0.467 e. The van der Waals surface area contributed by atoms with Gasteiger partial charge >= 0.3 is 0 Å². The second-order valence-electron chi connectivity index (χ2n) is 7.27. The molecule has 0 aromatic heterocycles. The van der Waals surface area contributed by atoms with Crippen LogP contribution in [0.15, 0.2) is 17.1 Å². The summed E-state index contributed by atoms with van der Waals surface area (Å²) in [6, 6.07) is 3.05. The predicted molar refractivity (Wildman–Crippen MR) is 116 cm³/mol. The summed E-state index contributed by atoms with van der Waals surface area (Å²) in [5.41, 5.74) is 2.07. The topological polar surface area (TPSA) is 46.1 Å². The van der Waals surface area contributed by atoms with Gasteiger partial charge in [-0.2, -0.15) is 0 Å². The van der Waals surface area contributed by atoms with Crippen LogP contribution in [0.3, 0.4) is 0 Å². The molecular weight excluding hydrogens is 460 g/mol. The first kappa shape index (κ1) is 22.2. The number of hydrogen-bond acceptors (Lipinski definition) is 3. The third kappa shape index (κ3) is 5.04. The Morgan fingerprint density at radius 3 is 2.78 bits per heavy atom. The second-order valence-corrected chi connectivity index (χ2v) is 7.27. The average Bonchev–Trinajstić information content (AvgIpc) is 3.10. The van der Waals surface area contributed by atoms with Gasteiger partial charge in [-0.1, -0.05) is 13.8 Å². The maximum atomic E-state index is 13.9. The summed E-state index contributed by atoms with van der Waals surface area (Å²) in [5.74, 6) is 1.46. The van der Waals surface area contributed by atoms with Crippen molar-refractivity contribution in [2.45, 2.75) is 46.1 Å². The number of rotatable bonds is 5. The van der Waals surface area contributed by atoms with E-state index in [9.17, 15) is 4.39 Å². The second kappa shape index (κ2) is 9.91. The Balaban J connectivity index is 0.00000261. The monoisotopic (exact) mass is 491 g/mol. The van der Waals surface area contributed by atoms with E-state index >= 15 is 0 Å². The molecule has 0 saturated carbocycles. The molecule has 3 rings (SSSR count). The molecule has 7 heteroatoms. The molecule has 0 unspecified atom stereocenters. The summed E-state index contributed by atoms with van der Waals surface area (Å²) in [7, 11) is 1.82. The quantitative estimate of drug-likeness (QED) is 0.385. The molecule has 1 fully saturated rings. The van der Waals surface area contributed by atoms with Gasteiger partial charge in [0, 0.05) is 32.2 Å². The van der Waals surface area contributed by atoms with Crippen molar-refractivity contribution in [1.82, 2.24) is 10.2 Å². The number of benzene rings is 1. The molecule has 152 valence electrons. The SMILES string of the molecule is CCC1(CC)CCN(C(=NC)NCCc2cc(F)cc3c2OCOC3)C1.I. The van der Waals surface area contributed by atoms with E-state index in [-0.39, 0.29) is 36.6 Å². The molecule has 1 aromatic rings. The van der Waals surface area contributed by atoms with Crippen molar-refractivity contribution >= 4 is 29.9 Å². The smallest absolute Gasteiger partial charge is 0.193 e. The number of nitrogens with one attached hydrogen (secondary N) is 1. The van der Waals surface area contributed by atoms with Crippen LogP contribution in [0.5, 0.6) is 5.75 Å². The minimum absolute atomic E-state index is 0. The molecule has 0 bridgehead atoms. The summed E-state index contributed by atoms with van der Waals surface area (Å²) >= 11 is 0. The highest BCUT2D eigenvalue weighted by atomic mass is 127. The Morgan fingerprint density at radius 2 is 2.11 bits per heavy atom. The maximum Gasteiger partial charge on any atom is 0.193 e. The van der Waals surface area contributed by atoms with E-state index in [4.69, 9.17) is 9.47 Å². The van der Waals surface area contributed by atoms with E-state index in [1.54, 1.807) is 6.07 Å². The average molecular weight is 491 g/mol. The molecule has 0 aliphatic carbocycles. The summed E-state index contributed by atoms with van der Waals surface area (Å²) in [5, 5.41) is 3.44. The van der Waals surface area contributed by atoms with Crippen molar-refractivity contribution in [2.24, 2.45) is 10.4 Å². The van der Waals surface area contributed by atoms with Gasteiger partial charge in [0.05, 0.1) is 6.61 Å². The van der Waals surface area contributed by atoms with Crippen LogP contribution in [-0.4, -0.2) is 44.3 Å². The number of likely N-dealkylation sites (tertiary alicyclic amines) is 1. The summed E-state index contributed by atoms with van der Waals surface area (Å²) in [6.07, 6.45) is 4.29. The Kier molecular flexibility index (Phi) is 8.15. The highest BCUT2D eigenvalue weighted by Gasteiger charge is 2.36. The molecule has 0 spiro atoms. The van der Waals surface area contributed by atoms with Crippen molar-refractivity contribution < 1.29 is 13.9 Å². The zero-order valence-corrected chi connectivity index (χ0v) is 18.8. The molecule has 0 amide bonds. The Bertz CT molecular complexity index is 665. The summed E-state index contributed by atoms with van der Waals surface area (Å²) in [4.78, 5) is 6.79. The van der Waals surface area contributed by atoms with Gasteiger partial charge in [-0.05, 0) is 48.8 Å². The highest BCUT2D eigenvalue weighted by molar-refractivity contribution is 14.0. The number of halogens is 2. The molecular formula is C20H31FIN3O2. The first-order valence-corrected chi connectivity index (χ1v) is 9.58. The van der Waals surface area contributed by atoms with E-state index in [1.807, 2.05) is 7.05 Å². The van der Waals surface area contributed by atoms with Crippen LogP contribution in [0, 0.1) is 11.2 Å². The maximum absolute atomic E-state index is 13.9. The number of fused-ring (bicyclic) bond motifs is 1. The van der Waals surface area contributed by atoms with Crippen LogP contribution < -0.4 is 10.1 Å². The minimum atomic E-state index is -0.243. The molecule has 27 heavy (non-hydrogen) atoms. The summed E-state index contributed by atoms with van der Waals surface area (Å²) in [6.45, 7) is 7.96. The number of aliphatic imine (C=N–C) groups is 1. The fraction of sp³-hybridized carbons (Fsp3) is 0.650. The first-order chi connectivity index (χ1) is 12.6. The van der Waals surface area contributed by atoms with Crippen molar-refractivity contribution in [3.8, 4) is 5.75 Å². The molecule has 2 aliphatic heterocycles. The molecule has 1 aromatic carbocycles. The van der Waals surface area contributed by atoms with Gasteiger partial charge in [-0.15, -0.1) is 24.0 Å². The fourth-order valence-corrected chi connectivity index (χ4v) is 4.03. The Morgan fingerprint density at radius 1 is 1.33 bits per heavy atom. The summed E-state index contributed by atoms with van der Waals surface area (Å²) < 4.78 is 24.7. The number of hydrogen-bond donors (Lipinski definition) is 1. The predicted octanol–water partition coefficient (Wildman–Crippen LogP) is 3.94. The minimum Gasteiger partial charge on any atom is -0.467 e. The molecule has 2 heterocycles. The van der Waals surface area contributed by atoms with Crippen LogP contribution in [0.1, 0.15) is 44.2 Å². The molecule has 1 saturated heterocycles. The number of guanidine groups is 1. The van der Waals surface area contributed by atoms with Crippen LogP contribution in [-0.2, 0) is 17.8 Å². The normalized spacial score (nSPS) is 18.5. The van der Waals surface area contributed by atoms with Crippen LogP contribution in [0.4, 0.5) is 4.39 Å². The van der Waals surface area contributed by atoms with Gasteiger partial charge in [-0.25, -0.2) is 4.39 Å². The van der Waals surface area contributed by atoms with Gasteiger partial charge in [0.1, 0.15) is 11.6 Å². The Labute approximate surface area is 178 Å². The first-order valence-electron chi connectivity index (χ1n) is 9.58. The fourth-order valence-electron chi connectivity index (χ4n) is 4.03. The zero-order chi connectivity index (χ0) is 18.6. The molecule has 0 radical (unpaired) electrons. The number of ether oxygens (including phenoxy) is 2. The van der Waals surface area contributed by atoms with E-state index in [0.717, 1.165) is 35.9 Å². The molecule has 0 atom stereocenters. The number of nitrogens with zero attached hydrogens (tertiary/aromatic N) is 2. The van der Waals surface area contributed by atoms with Crippen molar-refractivity contribution in [3.63, 3.8) is 0 Å². The lowest BCUT2D eigenvalue weighted by atomic mass is 9.82. The van der Waals surface area contributed by atoms with E-state index < -0.39 is 0 Å². The van der Waals surface area contributed by atoms with Crippen molar-refractivity contribution in [1.29, 1.82) is 0 Å². The zero-order valence-electron chi connectivity index (χ0n) is 16.5. The van der Waals surface area contributed by atoms with Gasteiger partial charge in [0.2, 0.25) is 0 Å². The highest BCUT2D eigenvalue weighted by Crippen LogP contribution is 2.37. The van der Waals surface area contributed by atoms with E-state index in [0.29, 0.717) is 25.0 Å². The third-order valence-electron chi connectivity index (χ3n) is 5.88. The van der Waals surface area contributed by atoms with E-state index in [1.165, 1.54) is 25.3 Å². The van der Waals surface area contributed by atoms with Crippen molar-refractivity contribution in [2.75, 3.05) is 33.5 Å². The van der Waals surface area contributed by atoms with Crippen LogP contribution in [0.2, 0.25) is 0 Å². The molecule has 1 N–H and O–H groups in total. The van der Waals surface area contributed by atoms with Gasteiger partial charge in [0.15, 0.2) is 12.8 Å². The lowest BCUT2D eigenvalue weighted by molar-refractivity contribution is -0.0172. The van der Waals surface area contributed by atoms with Crippen LogP contribution in [0.25, 0.3) is 0 Å². The van der Waals surface area contributed by atoms with Crippen LogP contribution >= 0.6 is 24.0 Å². The standard InChI is InChI=1S/C20H30FN3O2.HI/c1-4-20(5-2)7-9-24(13-20)19(22-3)23-8-6-15-10-17(21)11-16-12-25-14-26-18(15)16;/h10-11H,4-9,12-14H2,1-3H3,(H,22,23);1H. The van der Waals surface area contributed by atoms with Gasteiger partial charge in [0.25, 0.3) is 0 Å². The van der Waals surface area contributed by atoms with Crippen molar-refractivity contribution in [3.05, 3.63) is 29.1 Å². The van der Waals surface area contributed by atoms with Gasteiger partial charge < -0.3 is 19.7 Å². The van der Waals surface area contributed by atoms with E-state index in [2.05, 4.69) is 29.1 Å². The lowest BCUT2D eigenvalue weighted by Gasteiger charge is -2.28. The molecule has 2 aliphatic rings. The van der Waals surface area contributed by atoms with Gasteiger partial charge in [-0.3, -0.25) is 4.99 Å². The molecule has 5 nitrogen and oxygen atoms in total. The lowest BCUT2D eigenvalue weighted by Crippen LogP contribution is -2.42. The third-order valence-corrected chi connectivity index (χ3v) is 5.88.